The van der Waals surface area contributed by atoms with Gasteiger partial charge >= 0.3 is 0 Å². The van der Waals surface area contributed by atoms with Crippen LogP contribution in [0.15, 0.2) is 27.6 Å². The van der Waals surface area contributed by atoms with E-state index in [9.17, 15) is 18.0 Å². The van der Waals surface area contributed by atoms with Gasteiger partial charge in [0.25, 0.3) is 5.91 Å². The van der Waals surface area contributed by atoms with Crippen molar-refractivity contribution >= 4 is 37.8 Å². The highest BCUT2D eigenvalue weighted by atomic mass is 79.9. The van der Waals surface area contributed by atoms with Crippen LogP contribution in [0.4, 0.5) is 0 Å². The zero-order valence-electron chi connectivity index (χ0n) is 16.1. The van der Waals surface area contributed by atoms with Gasteiger partial charge in [-0.1, -0.05) is 0 Å². The zero-order valence-corrected chi connectivity index (χ0v) is 18.5. The maximum Gasteiger partial charge on any atom is 0.255 e. The fourth-order valence-electron chi connectivity index (χ4n) is 3.31. The van der Waals surface area contributed by atoms with E-state index in [4.69, 9.17) is 0 Å². The maximum absolute atomic E-state index is 13.0. The van der Waals surface area contributed by atoms with Gasteiger partial charge in [-0.05, 0) is 59.8 Å². The average Bonchev–Trinajstić information content (AvgIpc) is 3.60. The number of amides is 2. The molecule has 158 valence electrons. The van der Waals surface area contributed by atoms with Gasteiger partial charge in [0.05, 0.1) is 17.0 Å². The number of hydrogen-bond acceptors (Lipinski definition) is 5. The summed E-state index contributed by atoms with van der Waals surface area (Å²) >= 11 is 3.37. The van der Waals surface area contributed by atoms with E-state index in [0.29, 0.717) is 48.8 Å². The molecule has 3 fully saturated rings. The zero-order chi connectivity index (χ0) is 20.6. The second-order valence-corrected chi connectivity index (χ2v) is 10.5. The van der Waals surface area contributed by atoms with Crippen molar-refractivity contribution in [1.82, 2.24) is 19.8 Å². The highest BCUT2D eigenvalue weighted by molar-refractivity contribution is 9.10. The van der Waals surface area contributed by atoms with E-state index >= 15 is 0 Å². The molecule has 3 aliphatic rings. The second-order valence-electron chi connectivity index (χ2n) is 7.95. The molecule has 0 aromatic heterocycles. The largest absolute Gasteiger partial charge is 0.352 e. The Morgan fingerprint density at radius 1 is 1.03 bits per heavy atom. The average molecular weight is 485 g/mol. The van der Waals surface area contributed by atoms with Gasteiger partial charge in [-0.25, -0.2) is 13.1 Å². The molecule has 0 unspecified atom stereocenters. The molecular formula is C19H25BrN4O4S. The van der Waals surface area contributed by atoms with Crippen LogP contribution in [-0.2, 0) is 14.8 Å². The Morgan fingerprint density at radius 2 is 1.69 bits per heavy atom. The Labute approximate surface area is 179 Å². The molecular weight excluding hydrogens is 460 g/mol. The number of nitrogens with zero attached hydrogens (tertiary/aromatic N) is 2. The predicted octanol–water partition coefficient (Wildman–Crippen LogP) is 0.926. The summed E-state index contributed by atoms with van der Waals surface area (Å²) in [5, 5.41) is 2.98. The first-order valence-electron chi connectivity index (χ1n) is 9.95. The highest BCUT2D eigenvalue weighted by Crippen LogP contribution is 2.26. The van der Waals surface area contributed by atoms with E-state index in [-0.39, 0.29) is 22.8 Å². The first-order chi connectivity index (χ1) is 13.8. The fraction of sp³-hybridized carbons (Fsp3) is 0.579. The highest BCUT2D eigenvalue weighted by Gasteiger charge is 2.30. The van der Waals surface area contributed by atoms with Crippen molar-refractivity contribution < 1.29 is 18.0 Å². The van der Waals surface area contributed by atoms with E-state index in [0.717, 1.165) is 25.7 Å². The van der Waals surface area contributed by atoms with Crippen molar-refractivity contribution in [3.8, 4) is 0 Å². The Balaban J connectivity index is 1.38. The van der Waals surface area contributed by atoms with Gasteiger partial charge in [0.2, 0.25) is 15.9 Å². The van der Waals surface area contributed by atoms with Gasteiger partial charge in [0.1, 0.15) is 0 Å². The standard InChI is InChI=1S/C19H25BrN4O4S/c20-17-6-5-15(29(27,28)22-14-3-4-14)11-16(17)19(26)24-9-7-23(8-10-24)12-18(25)21-13-1-2-13/h5-6,11,13-14,22H,1-4,7-10,12H2,(H,21,25). The number of rotatable bonds is 7. The molecule has 2 saturated carbocycles. The van der Waals surface area contributed by atoms with Crippen molar-refractivity contribution in [2.45, 2.75) is 42.7 Å². The third-order valence-electron chi connectivity index (χ3n) is 5.35. The summed E-state index contributed by atoms with van der Waals surface area (Å²) in [7, 11) is -3.62. The third kappa shape index (κ3) is 5.36. The summed E-state index contributed by atoms with van der Waals surface area (Å²) in [5.74, 6) is -0.168. The van der Waals surface area contributed by atoms with Gasteiger partial charge in [0.15, 0.2) is 0 Å². The maximum atomic E-state index is 13.0. The molecule has 29 heavy (non-hydrogen) atoms. The number of sulfonamides is 1. The Bertz CT molecular complexity index is 907. The lowest BCUT2D eigenvalue weighted by atomic mass is 10.2. The summed E-state index contributed by atoms with van der Waals surface area (Å²) in [6, 6.07) is 4.90. The minimum absolute atomic E-state index is 0.00740. The molecule has 1 heterocycles. The number of halogens is 1. The predicted molar refractivity (Wildman–Crippen MR) is 111 cm³/mol. The molecule has 2 N–H and O–H groups in total. The first-order valence-corrected chi connectivity index (χ1v) is 12.2. The fourth-order valence-corrected chi connectivity index (χ4v) is 5.05. The minimum Gasteiger partial charge on any atom is -0.352 e. The summed E-state index contributed by atoms with van der Waals surface area (Å²) in [6.45, 7) is 2.58. The molecule has 10 heteroatoms. The van der Waals surface area contributed by atoms with Crippen LogP contribution < -0.4 is 10.0 Å². The minimum atomic E-state index is -3.62. The molecule has 4 rings (SSSR count). The smallest absolute Gasteiger partial charge is 0.255 e. The molecule has 2 amide bonds. The summed E-state index contributed by atoms with van der Waals surface area (Å²) in [6.07, 6.45) is 3.83. The molecule has 0 atom stereocenters. The van der Waals surface area contributed by atoms with Crippen molar-refractivity contribution in [1.29, 1.82) is 0 Å². The lowest BCUT2D eigenvalue weighted by molar-refractivity contribution is -0.122. The first kappa shape index (κ1) is 20.8. The lowest BCUT2D eigenvalue weighted by Gasteiger charge is -2.34. The number of carbonyl (C=O) groups excluding carboxylic acids is 2. The van der Waals surface area contributed by atoms with E-state index in [1.807, 2.05) is 4.90 Å². The van der Waals surface area contributed by atoms with E-state index in [2.05, 4.69) is 26.0 Å². The molecule has 8 nitrogen and oxygen atoms in total. The molecule has 1 aromatic carbocycles. The number of hydrogen-bond donors (Lipinski definition) is 2. The monoisotopic (exact) mass is 484 g/mol. The Morgan fingerprint density at radius 3 is 2.31 bits per heavy atom. The van der Waals surface area contributed by atoms with Crippen LogP contribution in [-0.4, -0.2) is 74.8 Å². The van der Waals surface area contributed by atoms with Gasteiger partial charge in [-0.2, -0.15) is 0 Å². The summed E-state index contributed by atoms with van der Waals surface area (Å²) < 4.78 is 28.2. The van der Waals surface area contributed by atoms with Crippen LogP contribution in [0.3, 0.4) is 0 Å². The van der Waals surface area contributed by atoms with Crippen LogP contribution in [0.1, 0.15) is 36.0 Å². The molecule has 1 saturated heterocycles. The molecule has 2 aliphatic carbocycles. The van der Waals surface area contributed by atoms with Gasteiger partial charge in [-0.15, -0.1) is 0 Å². The third-order valence-corrected chi connectivity index (χ3v) is 7.56. The van der Waals surface area contributed by atoms with E-state index < -0.39 is 10.0 Å². The summed E-state index contributed by atoms with van der Waals surface area (Å²) in [4.78, 5) is 28.8. The Hall–Kier alpha value is -1.49. The second kappa shape index (κ2) is 8.33. The Kier molecular flexibility index (Phi) is 5.97. The van der Waals surface area contributed by atoms with Crippen molar-refractivity contribution in [2.24, 2.45) is 0 Å². The van der Waals surface area contributed by atoms with Gasteiger partial charge in [0, 0.05) is 42.7 Å². The van der Waals surface area contributed by atoms with Crippen LogP contribution >= 0.6 is 15.9 Å². The molecule has 0 radical (unpaired) electrons. The molecule has 1 aliphatic heterocycles. The molecule has 1 aromatic rings. The lowest BCUT2D eigenvalue weighted by Crippen LogP contribution is -2.51. The van der Waals surface area contributed by atoms with Crippen LogP contribution in [0.2, 0.25) is 0 Å². The van der Waals surface area contributed by atoms with Crippen molar-refractivity contribution in [2.75, 3.05) is 32.7 Å². The van der Waals surface area contributed by atoms with Crippen molar-refractivity contribution in [3.05, 3.63) is 28.2 Å². The normalized spacial score (nSPS) is 20.5. The molecule has 0 bridgehead atoms. The quantitative estimate of drug-likeness (QED) is 0.599. The molecule has 0 spiro atoms. The number of piperazine rings is 1. The van der Waals surface area contributed by atoms with Crippen LogP contribution in [0.25, 0.3) is 0 Å². The number of nitrogens with one attached hydrogen (secondary N) is 2. The van der Waals surface area contributed by atoms with Crippen LogP contribution in [0.5, 0.6) is 0 Å². The van der Waals surface area contributed by atoms with E-state index in [1.54, 1.807) is 11.0 Å². The van der Waals surface area contributed by atoms with Crippen LogP contribution in [0, 0.1) is 0 Å². The van der Waals surface area contributed by atoms with Gasteiger partial charge in [-0.3, -0.25) is 14.5 Å². The van der Waals surface area contributed by atoms with Crippen molar-refractivity contribution in [3.63, 3.8) is 0 Å². The SMILES string of the molecule is O=C(CN1CCN(C(=O)c2cc(S(=O)(=O)NC3CC3)ccc2Br)CC1)NC1CC1. The topological polar surface area (TPSA) is 98.8 Å². The van der Waals surface area contributed by atoms with Gasteiger partial charge < -0.3 is 10.2 Å². The number of benzene rings is 1. The summed E-state index contributed by atoms with van der Waals surface area (Å²) in [5.41, 5.74) is 0.337. The van der Waals surface area contributed by atoms with E-state index in [1.165, 1.54) is 12.1 Å². The number of carbonyl (C=O) groups is 2.